The first-order valence-corrected chi connectivity index (χ1v) is 9.64. The number of carbonyl (C=O) groups excluding carboxylic acids is 1. The molecule has 2 aromatic carbocycles. The number of morpholine rings is 1. The van der Waals surface area contributed by atoms with Crippen LogP contribution in [0.2, 0.25) is 5.02 Å². The number of carbonyl (C=O) groups is 1. The molecule has 0 radical (unpaired) electrons. The smallest absolute Gasteiger partial charge is 0.240 e. The SMILES string of the molecule is O=C(C1Cc2ccccc2CN1Cc1cc(Cl)ccc1O)N1CCOCC1. The van der Waals surface area contributed by atoms with E-state index in [1.165, 1.54) is 11.1 Å². The molecule has 1 saturated heterocycles. The number of hydrogen-bond donors (Lipinski definition) is 1. The molecule has 0 saturated carbocycles. The van der Waals surface area contributed by atoms with Crippen LogP contribution in [0.15, 0.2) is 42.5 Å². The predicted octanol–water partition coefficient (Wildman–Crippen LogP) is 2.83. The molecule has 4 rings (SSSR count). The maximum atomic E-state index is 13.3. The molecule has 1 amide bonds. The molecule has 2 aliphatic rings. The summed E-state index contributed by atoms with van der Waals surface area (Å²) in [7, 11) is 0. The lowest BCUT2D eigenvalue weighted by Crippen LogP contribution is -2.53. The van der Waals surface area contributed by atoms with Crippen LogP contribution in [0, 0.1) is 0 Å². The first-order valence-electron chi connectivity index (χ1n) is 9.26. The summed E-state index contributed by atoms with van der Waals surface area (Å²) >= 11 is 6.12. The van der Waals surface area contributed by atoms with Crippen molar-refractivity contribution < 1.29 is 14.6 Å². The Morgan fingerprint density at radius 2 is 1.89 bits per heavy atom. The average Bonchev–Trinajstić information content (AvgIpc) is 2.70. The molecule has 1 fully saturated rings. The van der Waals surface area contributed by atoms with Gasteiger partial charge < -0.3 is 14.7 Å². The third-order valence-electron chi connectivity index (χ3n) is 5.37. The number of phenols is 1. The van der Waals surface area contributed by atoms with Gasteiger partial charge in [-0.25, -0.2) is 0 Å². The third kappa shape index (κ3) is 3.95. The first-order chi connectivity index (χ1) is 13.1. The number of halogens is 1. The second-order valence-electron chi connectivity index (χ2n) is 7.10. The molecule has 2 aromatic rings. The summed E-state index contributed by atoms with van der Waals surface area (Å²) in [4.78, 5) is 17.3. The zero-order valence-electron chi connectivity index (χ0n) is 15.1. The third-order valence-corrected chi connectivity index (χ3v) is 5.60. The highest BCUT2D eigenvalue weighted by Crippen LogP contribution is 2.29. The fraction of sp³-hybridized carbons (Fsp3) is 0.381. The molecule has 27 heavy (non-hydrogen) atoms. The van der Waals surface area contributed by atoms with Crippen molar-refractivity contribution in [3.8, 4) is 5.75 Å². The summed E-state index contributed by atoms with van der Waals surface area (Å²) in [5.41, 5.74) is 3.18. The Balaban J connectivity index is 1.63. The summed E-state index contributed by atoms with van der Waals surface area (Å²) in [6.07, 6.45) is 0.674. The summed E-state index contributed by atoms with van der Waals surface area (Å²) in [6.45, 7) is 3.58. The van der Waals surface area contributed by atoms with Crippen LogP contribution in [-0.4, -0.2) is 53.2 Å². The van der Waals surface area contributed by atoms with Gasteiger partial charge in [-0.2, -0.15) is 0 Å². The van der Waals surface area contributed by atoms with Crippen LogP contribution < -0.4 is 0 Å². The predicted molar refractivity (Wildman–Crippen MR) is 104 cm³/mol. The van der Waals surface area contributed by atoms with E-state index in [2.05, 4.69) is 17.0 Å². The number of rotatable bonds is 3. The maximum Gasteiger partial charge on any atom is 0.240 e. The summed E-state index contributed by atoms with van der Waals surface area (Å²) in [5, 5.41) is 10.8. The highest BCUT2D eigenvalue weighted by atomic mass is 35.5. The summed E-state index contributed by atoms with van der Waals surface area (Å²) < 4.78 is 5.39. The highest BCUT2D eigenvalue weighted by molar-refractivity contribution is 6.30. The molecule has 1 unspecified atom stereocenters. The van der Waals surface area contributed by atoms with Crippen LogP contribution in [0.1, 0.15) is 16.7 Å². The zero-order valence-corrected chi connectivity index (χ0v) is 15.9. The van der Waals surface area contributed by atoms with Crippen LogP contribution in [0.3, 0.4) is 0 Å². The van der Waals surface area contributed by atoms with Crippen molar-refractivity contribution in [2.24, 2.45) is 0 Å². The number of fused-ring (bicyclic) bond motifs is 1. The molecule has 5 nitrogen and oxygen atoms in total. The lowest BCUT2D eigenvalue weighted by molar-refractivity contribution is -0.142. The van der Waals surface area contributed by atoms with Gasteiger partial charge in [0.25, 0.3) is 0 Å². The van der Waals surface area contributed by atoms with Gasteiger partial charge in [-0.05, 0) is 35.7 Å². The van der Waals surface area contributed by atoms with Crippen molar-refractivity contribution in [2.75, 3.05) is 26.3 Å². The topological polar surface area (TPSA) is 53.0 Å². The lowest BCUT2D eigenvalue weighted by atomic mass is 9.92. The number of aromatic hydroxyl groups is 1. The Morgan fingerprint density at radius 3 is 2.67 bits per heavy atom. The van der Waals surface area contributed by atoms with E-state index in [-0.39, 0.29) is 17.7 Å². The van der Waals surface area contributed by atoms with E-state index in [9.17, 15) is 9.90 Å². The van der Waals surface area contributed by atoms with Crippen LogP contribution in [0.5, 0.6) is 5.75 Å². The molecule has 1 N–H and O–H groups in total. The number of phenolic OH excluding ortho intramolecular Hbond substituents is 1. The van der Waals surface area contributed by atoms with Gasteiger partial charge >= 0.3 is 0 Å². The number of amides is 1. The monoisotopic (exact) mass is 386 g/mol. The van der Waals surface area contributed by atoms with Gasteiger partial charge in [0, 0.05) is 36.8 Å². The minimum atomic E-state index is -0.253. The van der Waals surface area contributed by atoms with Crippen molar-refractivity contribution in [1.82, 2.24) is 9.80 Å². The fourth-order valence-electron chi connectivity index (χ4n) is 3.88. The second kappa shape index (κ2) is 7.89. The molecular weight excluding hydrogens is 364 g/mol. The second-order valence-corrected chi connectivity index (χ2v) is 7.54. The van der Waals surface area contributed by atoms with Crippen molar-refractivity contribution >= 4 is 17.5 Å². The summed E-state index contributed by atoms with van der Waals surface area (Å²) in [5.74, 6) is 0.338. The van der Waals surface area contributed by atoms with E-state index in [1.807, 2.05) is 17.0 Å². The van der Waals surface area contributed by atoms with Gasteiger partial charge in [0.05, 0.1) is 19.3 Å². The normalized spacial score (nSPS) is 20.3. The number of hydrogen-bond acceptors (Lipinski definition) is 4. The molecule has 0 spiro atoms. The Bertz CT molecular complexity index is 836. The van der Waals surface area contributed by atoms with E-state index < -0.39 is 0 Å². The number of nitrogens with zero attached hydrogens (tertiary/aromatic N) is 2. The Kier molecular flexibility index (Phi) is 5.34. The lowest BCUT2D eigenvalue weighted by Gasteiger charge is -2.39. The minimum absolute atomic E-state index is 0.134. The molecule has 2 heterocycles. The molecular formula is C21H23ClN2O3. The molecule has 142 valence electrons. The van der Waals surface area contributed by atoms with E-state index in [0.717, 1.165) is 5.56 Å². The van der Waals surface area contributed by atoms with Crippen molar-refractivity contribution in [1.29, 1.82) is 0 Å². The van der Waals surface area contributed by atoms with Gasteiger partial charge in [0.15, 0.2) is 0 Å². The van der Waals surface area contributed by atoms with E-state index >= 15 is 0 Å². The number of benzene rings is 2. The molecule has 1 atom stereocenters. The Morgan fingerprint density at radius 1 is 1.15 bits per heavy atom. The van der Waals surface area contributed by atoms with Gasteiger partial charge in [-0.3, -0.25) is 9.69 Å². The van der Waals surface area contributed by atoms with Gasteiger partial charge in [-0.1, -0.05) is 35.9 Å². The van der Waals surface area contributed by atoms with E-state index in [4.69, 9.17) is 16.3 Å². The first kappa shape index (κ1) is 18.3. The standard InChI is InChI=1S/C21H23ClN2O3/c22-18-5-6-20(25)17(11-18)14-24-13-16-4-2-1-3-15(16)12-19(24)21(26)23-7-9-27-10-8-23/h1-6,11,19,25H,7-10,12-14H2. The van der Waals surface area contributed by atoms with Crippen molar-refractivity contribution in [3.63, 3.8) is 0 Å². The van der Waals surface area contributed by atoms with Crippen LogP contribution in [-0.2, 0) is 29.0 Å². The molecule has 0 bridgehead atoms. The molecule has 2 aliphatic heterocycles. The van der Waals surface area contributed by atoms with Crippen LogP contribution >= 0.6 is 11.6 Å². The molecule has 6 heteroatoms. The fourth-order valence-corrected chi connectivity index (χ4v) is 4.08. The average molecular weight is 387 g/mol. The van der Waals surface area contributed by atoms with Crippen LogP contribution in [0.4, 0.5) is 0 Å². The Labute approximate surface area is 164 Å². The largest absolute Gasteiger partial charge is 0.508 e. The van der Waals surface area contributed by atoms with E-state index in [0.29, 0.717) is 50.8 Å². The highest BCUT2D eigenvalue weighted by Gasteiger charge is 2.35. The van der Waals surface area contributed by atoms with Crippen molar-refractivity contribution in [3.05, 3.63) is 64.2 Å². The summed E-state index contributed by atoms with van der Waals surface area (Å²) in [6, 6.07) is 13.0. The van der Waals surface area contributed by atoms with Gasteiger partial charge in [0.1, 0.15) is 5.75 Å². The van der Waals surface area contributed by atoms with Crippen molar-refractivity contribution in [2.45, 2.75) is 25.6 Å². The zero-order chi connectivity index (χ0) is 18.8. The van der Waals surface area contributed by atoms with Crippen LogP contribution in [0.25, 0.3) is 0 Å². The maximum absolute atomic E-state index is 13.3. The van der Waals surface area contributed by atoms with E-state index in [1.54, 1.807) is 18.2 Å². The number of ether oxygens (including phenoxy) is 1. The minimum Gasteiger partial charge on any atom is -0.508 e. The van der Waals surface area contributed by atoms with Gasteiger partial charge in [0.2, 0.25) is 5.91 Å². The molecule has 0 aromatic heterocycles. The quantitative estimate of drug-likeness (QED) is 0.881. The van der Waals surface area contributed by atoms with Gasteiger partial charge in [-0.15, -0.1) is 0 Å². The Hall–Kier alpha value is -2.08. The molecule has 0 aliphatic carbocycles.